The van der Waals surface area contributed by atoms with E-state index in [1.165, 1.54) is 12.1 Å². The summed E-state index contributed by atoms with van der Waals surface area (Å²) < 4.78 is 13.3. The Morgan fingerprint density at radius 2 is 1.83 bits per heavy atom. The molecule has 3 amide bonds. The Balaban J connectivity index is 2.22. The number of carbonyl (C=O) groups is 2. The lowest BCUT2D eigenvalue weighted by molar-refractivity contribution is -0.133. The normalized spacial score (nSPS) is 11.8. The first kappa shape index (κ1) is 22.9. The van der Waals surface area contributed by atoms with Gasteiger partial charge in [-0.15, -0.1) is 11.3 Å². The van der Waals surface area contributed by atoms with Crippen LogP contribution in [0.5, 0.6) is 0 Å². The van der Waals surface area contributed by atoms with Crippen LogP contribution in [0.15, 0.2) is 35.7 Å². The smallest absolute Gasteiger partial charge is 0.318 e. The summed E-state index contributed by atoms with van der Waals surface area (Å²) in [6, 6.07) is 7.91. The second-order valence-corrected chi connectivity index (χ2v) is 8.12. The number of nitrogens with zero attached hydrogens (tertiary/aromatic N) is 2. The van der Waals surface area contributed by atoms with Crippen molar-refractivity contribution in [2.75, 3.05) is 13.1 Å². The van der Waals surface area contributed by atoms with E-state index >= 15 is 0 Å². The van der Waals surface area contributed by atoms with Gasteiger partial charge in [-0.2, -0.15) is 0 Å². The fourth-order valence-electron chi connectivity index (χ4n) is 2.93. The van der Waals surface area contributed by atoms with Crippen molar-refractivity contribution in [1.29, 1.82) is 0 Å². The first-order valence-electron chi connectivity index (χ1n) is 9.95. The van der Waals surface area contributed by atoms with Crippen LogP contribution in [0.3, 0.4) is 0 Å². The lowest BCUT2D eigenvalue weighted by Crippen LogP contribution is -2.50. The molecule has 2 aromatic rings. The molecule has 0 saturated carbocycles. The zero-order chi connectivity index (χ0) is 21.4. The van der Waals surface area contributed by atoms with Gasteiger partial charge < -0.3 is 15.1 Å². The quantitative estimate of drug-likeness (QED) is 0.648. The number of urea groups is 1. The second-order valence-electron chi connectivity index (χ2n) is 7.12. The minimum Gasteiger partial charge on any atom is -0.338 e. The number of nitrogens with one attached hydrogen (secondary N) is 1. The molecule has 0 saturated heterocycles. The van der Waals surface area contributed by atoms with E-state index in [1.807, 2.05) is 39.1 Å². The van der Waals surface area contributed by atoms with Crippen molar-refractivity contribution >= 4 is 23.3 Å². The lowest BCUT2D eigenvalue weighted by atomic mass is 10.2. The molecule has 2 rings (SSSR count). The maximum absolute atomic E-state index is 13.3. The molecule has 0 radical (unpaired) electrons. The fraction of sp³-hybridized carbons (Fsp3) is 0.455. The third-order valence-corrected chi connectivity index (χ3v) is 5.97. The minimum absolute atomic E-state index is 0.00641. The average molecular weight is 420 g/mol. The van der Waals surface area contributed by atoms with Crippen LogP contribution >= 0.6 is 11.3 Å². The Bertz CT molecular complexity index is 807. The van der Waals surface area contributed by atoms with Gasteiger partial charge >= 0.3 is 6.03 Å². The topological polar surface area (TPSA) is 52.7 Å². The zero-order valence-corrected chi connectivity index (χ0v) is 18.4. The average Bonchev–Trinajstić information content (AvgIpc) is 3.11. The molecule has 1 heterocycles. The monoisotopic (exact) mass is 419 g/mol. The number of amides is 3. The van der Waals surface area contributed by atoms with Crippen LogP contribution in [0.25, 0.3) is 0 Å². The van der Waals surface area contributed by atoms with Crippen molar-refractivity contribution in [2.24, 2.45) is 0 Å². The molecule has 0 unspecified atom stereocenters. The minimum atomic E-state index is -0.306. The first-order chi connectivity index (χ1) is 13.8. The molecule has 1 aromatic carbocycles. The molecule has 7 heteroatoms. The van der Waals surface area contributed by atoms with Crippen molar-refractivity contribution in [3.8, 4) is 0 Å². The van der Waals surface area contributed by atoms with Crippen LogP contribution in [0.4, 0.5) is 9.18 Å². The summed E-state index contributed by atoms with van der Waals surface area (Å²) in [5, 5.41) is 4.80. The summed E-state index contributed by atoms with van der Waals surface area (Å²) in [7, 11) is 0. The van der Waals surface area contributed by atoms with Crippen LogP contribution in [0.2, 0.25) is 0 Å². The fourth-order valence-corrected chi connectivity index (χ4v) is 3.85. The molecule has 29 heavy (non-hydrogen) atoms. The van der Waals surface area contributed by atoms with Crippen LogP contribution in [-0.2, 0) is 17.9 Å². The van der Waals surface area contributed by atoms with Crippen molar-refractivity contribution in [3.05, 3.63) is 57.5 Å². The van der Waals surface area contributed by atoms with E-state index < -0.39 is 0 Å². The highest BCUT2D eigenvalue weighted by Crippen LogP contribution is 2.20. The molecule has 1 atom stereocenters. The van der Waals surface area contributed by atoms with Crippen LogP contribution in [-0.4, -0.2) is 40.9 Å². The summed E-state index contributed by atoms with van der Waals surface area (Å²) in [6.45, 7) is 9.15. The largest absolute Gasteiger partial charge is 0.338 e. The Morgan fingerprint density at radius 3 is 2.38 bits per heavy atom. The van der Waals surface area contributed by atoms with Crippen molar-refractivity contribution in [1.82, 2.24) is 15.1 Å². The summed E-state index contributed by atoms with van der Waals surface area (Å²) in [5.74, 6) is -0.436. The van der Waals surface area contributed by atoms with E-state index in [4.69, 9.17) is 0 Å². The highest BCUT2D eigenvalue weighted by Gasteiger charge is 2.25. The van der Waals surface area contributed by atoms with Crippen molar-refractivity contribution in [2.45, 2.75) is 53.2 Å². The highest BCUT2D eigenvalue weighted by molar-refractivity contribution is 7.10. The Morgan fingerprint density at radius 1 is 1.14 bits per heavy atom. The maximum Gasteiger partial charge on any atom is 0.318 e. The molecule has 158 valence electrons. The van der Waals surface area contributed by atoms with Crippen molar-refractivity contribution < 1.29 is 14.0 Å². The maximum atomic E-state index is 13.3. The standard InChI is InChI=1S/C22H30FN3O2S/c1-5-17(4)26(22(28)24-6-2)15-21(27)25(14-20-16(3)11-12-29-20)13-18-7-9-19(23)10-8-18/h7-12,17H,5-6,13-15H2,1-4H3,(H,24,28)/t17-/m0/s1. The molecular weight excluding hydrogens is 389 g/mol. The number of hydrogen-bond acceptors (Lipinski definition) is 3. The molecule has 0 spiro atoms. The Hall–Kier alpha value is -2.41. The van der Waals surface area contributed by atoms with E-state index in [0.29, 0.717) is 19.6 Å². The number of halogens is 1. The van der Waals surface area contributed by atoms with Gasteiger partial charge in [0, 0.05) is 24.0 Å². The molecule has 0 aliphatic heterocycles. The number of thiophene rings is 1. The zero-order valence-electron chi connectivity index (χ0n) is 17.6. The number of rotatable bonds is 9. The van der Waals surface area contributed by atoms with Gasteiger partial charge in [-0.1, -0.05) is 19.1 Å². The van der Waals surface area contributed by atoms with E-state index in [9.17, 15) is 14.0 Å². The highest BCUT2D eigenvalue weighted by atomic mass is 32.1. The van der Waals surface area contributed by atoms with Gasteiger partial charge in [0.15, 0.2) is 0 Å². The van der Waals surface area contributed by atoms with Crippen LogP contribution in [0, 0.1) is 12.7 Å². The molecule has 0 aliphatic rings. The van der Waals surface area contributed by atoms with E-state index in [1.54, 1.807) is 33.3 Å². The van der Waals surface area contributed by atoms with E-state index in [0.717, 1.165) is 22.4 Å². The Kier molecular flexibility index (Phi) is 8.64. The van der Waals surface area contributed by atoms with Gasteiger partial charge in [-0.25, -0.2) is 9.18 Å². The number of aryl methyl sites for hydroxylation is 1. The molecular formula is C22H30FN3O2S. The lowest BCUT2D eigenvalue weighted by Gasteiger charge is -2.31. The van der Waals surface area contributed by atoms with Gasteiger partial charge in [0.25, 0.3) is 0 Å². The van der Waals surface area contributed by atoms with E-state index in [-0.39, 0.29) is 30.3 Å². The summed E-state index contributed by atoms with van der Waals surface area (Å²) in [4.78, 5) is 30.1. The summed E-state index contributed by atoms with van der Waals surface area (Å²) >= 11 is 1.61. The van der Waals surface area contributed by atoms with Gasteiger partial charge in [-0.3, -0.25) is 4.79 Å². The number of carbonyl (C=O) groups excluding carboxylic acids is 2. The predicted molar refractivity (Wildman–Crippen MR) is 115 cm³/mol. The Labute approximate surface area is 176 Å². The third kappa shape index (κ3) is 6.56. The molecule has 1 aromatic heterocycles. The van der Waals surface area contributed by atoms with Gasteiger partial charge in [-0.05, 0) is 61.9 Å². The van der Waals surface area contributed by atoms with E-state index in [2.05, 4.69) is 5.32 Å². The SMILES string of the molecule is CCNC(=O)N(CC(=O)N(Cc1ccc(F)cc1)Cc1sccc1C)[C@@H](C)CC. The van der Waals surface area contributed by atoms with Gasteiger partial charge in [0.2, 0.25) is 5.91 Å². The van der Waals surface area contributed by atoms with Crippen LogP contribution < -0.4 is 5.32 Å². The van der Waals surface area contributed by atoms with Gasteiger partial charge in [0.1, 0.15) is 12.4 Å². The molecule has 1 N–H and O–H groups in total. The second kappa shape index (κ2) is 11.0. The molecule has 0 aliphatic carbocycles. The molecule has 5 nitrogen and oxygen atoms in total. The summed E-state index contributed by atoms with van der Waals surface area (Å²) in [6.07, 6.45) is 0.756. The predicted octanol–water partition coefficient (Wildman–Crippen LogP) is 4.55. The third-order valence-electron chi connectivity index (χ3n) is 4.96. The molecule has 0 bridgehead atoms. The number of benzene rings is 1. The number of hydrogen-bond donors (Lipinski definition) is 1. The molecule has 0 fully saturated rings. The first-order valence-corrected chi connectivity index (χ1v) is 10.8. The van der Waals surface area contributed by atoms with Gasteiger partial charge in [0.05, 0.1) is 6.54 Å². The van der Waals surface area contributed by atoms with Crippen molar-refractivity contribution in [3.63, 3.8) is 0 Å². The summed E-state index contributed by atoms with van der Waals surface area (Å²) in [5.41, 5.74) is 1.98. The van der Waals surface area contributed by atoms with Crippen LogP contribution in [0.1, 0.15) is 43.2 Å².